The summed E-state index contributed by atoms with van der Waals surface area (Å²) in [5.74, 6) is 0.374. The summed E-state index contributed by atoms with van der Waals surface area (Å²) in [4.78, 5) is 15.1. The van der Waals surface area contributed by atoms with Crippen LogP contribution in [-0.4, -0.2) is 11.5 Å². The minimum atomic E-state index is -0.00566. The van der Waals surface area contributed by atoms with Gasteiger partial charge >= 0.3 is 0 Å². The number of anilines is 1. The lowest BCUT2D eigenvalue weighted by molar-refractivity contribution is 0.860. The standard InChI is InChI=1S/C20H20N2O/c1-13-12-21-19-18(13)16-11-15(9-10-17(16)22-20(19)23)8-7-14-5-3-2-4-6-14/h2-6,9-11,13,21H,7-8,12H2,1H3,(H,22,23). The Hall–Kier alpha value is -2.55. The van der Waals surface area contributed by atoms with Crippen LogP contribution < -0.4 is 10.9 Å². The summed E-state index contributed by atoms with van der Waals surface area (Å²) in [6.07, 6.45) is 2.04. The molecule has 0 spiro atoms. The molecule has 0 radical (unpaired) electrons. The number of fused-ring (bicyclic) bond motifs is 3. The molecule has 3 heteroatoms. The fourth-order valence-electron chi connectivity index (χ4n) is 3.50. The van der Waals surface area contributed by atoms with Crippen molar-refractivity contribution in [2.75, 3.05) is 11.9 Å². The van der Waals surface area contributed by atoms with Gasteiger partial charge in [-0.3, -0.25) is 4.79 Å². The van der Waals surface area contributed by atoms with Crippen molar-refractivity contribution in [2.24, 2.45) is 0 Å². The number of benzene rings is 2. The molecule has 2 aromatic carbocycles. The van der Waals surface area contributed by atoms with Gasteiger partial charge in [0.1, 0.15) is 5.69 Å². The van der Waals surface area contributed by atoms with E-state index in [1.54, 1.807) is 0 Å². The average Bonchev–Trinajstić information content (AvgIpc) is 2.97. The minimum Gasteiger partial charge on any atom is -0.380 e. The van der Waals surface area contributed by atoms with E-state index in [1.807, 2.05) is 12.1 Å². The van der Waals surface area contributed by atoms with Crippen molar-refractivity contribution in [3.05, 3.63) is 75.6 Å². The van der Waals surface area contributed by atoms with E-state index in [0.717, 1.165) is 30.6 Å². The molecule has 0 amide bonds. The highest BCUT2D eigenvalue weighted by Gasteiger charge is 2.23. The maximum Gasteiger partial charge on any atom is 0.272 e. The van der Waals surface area contributed by atoms with Gasteiger partial charge in [-0.15, -0.1) is 0 Å². The van der Waals surface area contributed by atoms with E-state index in [4.69, 9.17) is 0 Å². The molecular weight excluding hydrogens is 284 g/mol. The number of hydrogen-bond acceptors (Lipinski definition) is 2. The van der Waals surface area contributed by atoms with Crippen molar-refractivity contribution >= 4 is 16.6 Å². The highest BCUT2D eigenvalue weighted by atomic mass is 16.1. The fourth-order valence-corrected chi connectivity index (χ4v) is 3.50. The Morgan fingerprint density at radius 1 is 1.04 bits per heavy atom. The molecule has 2 heterocycles. The fraction of sp³-hybridized carbons (Fsp3) is 0.250. The number of pyridine rings is 1. The Balaban J connectivity index is 1.72. The van der Waals surface area contributed by atoms with Gasteiger partial charge in [0.25, 0.3) is 5.56 Å². The van der Waals surface area contributed by atoms with Crippen LogP contribution in [0.1, 0.15) is 29.5 Å². The summed E-state index contributed by atoms with van der Waals surface area (Å²) < 4.78 is 0. The summed E-state index contributed by atoms with van der Waals surface area (Å²) in [6.45, 7) is 3.01. The molecule has 1 aliphatic rings. The molecule has 116 valence electrons. The van der Waals surface area contributed by atoms with Crippen molar-refractivity contribution < 1.29 is 0 Å². The molecule has 2 N–H and O–H groups in total. The molecule has 0 bridgehead atoms. The number of hydrogen-bond donors (Lipinski definition) is 2. The van der Waals surface area contributed by atoms with Gasteiger partial charge in [0.2, 0.25) is 0 Å². The molecule has 4 rings (SSSR count). The monoisotopic (exact) mass is 304 g/mol. The third-order valence-corrected chi connectivity index (χ3v) is 4.74. The molecule has 23 heavy (non-hydrogen) atoms. The van der Waals surface area contributed by atoms with E-state index in [0.29, 0.717) is 5.92 Å². The molecule has 3 aromatic rings. The van der Waals surface area contributed by atoms with Gasteiger partial charge in [-0.1, -0.05) is 43.3 Å². The van der Waals surface area contributed by atoms with Crippen LogP contribution in [0.3, 0.4) is 0 Å². The lowest BCUT2D eigenvalue weighted by atomic mass is 9.96. The first-order valence-electron chi connectivity index (χ1n) is 8.19. The average molecular weight is 304 g/mol. The second-order valence-electron chi connectivity index (χ2n) is 6.39. The number of H-pyrrole nitrogens is 1. The van der Waals surface area contributed by atoms with E-state index >= 15 is 0 Å². The van der Waals surface area contributed by atoms with E-state index in [9.17, 15) is 4.79 Å². The zero-order valence-electron chi connectivity index (χ0n) is 13.2. The van der Waals surface area contributed by atoms with Crippen LogP contribution in [0.2, 0.25) is 0 Å². The van der Waals surface area contributed by atoms with Gasteiger partial charge < -0.3 is 10.3 Å². The van der Waals surface area contributed by atoms with Gasteiger partial charge in [-0.25, -0.2) is 0 Å². The topological polar surface area (TPSA) is 44.9 Å². The van der Waals surface area contributed by atoms with Crippen molar-refractivity contribution in [2.45, 2.75) is 25.7 Å². The lowest BCUT2D eigenvalue weighted by Crippen LogP contribution is -2.11. The van der Waals surface area contributed by atoms with Crippen LogP contribution in [-0.2, 0) is 12.8 Å². The maximum atomic E-state index is 12.1. The van der Waals surface area contributed by atoms with Crippen molar-refractivity contribution in [1.29, 1.82) is 0 Å². The van der Waals surface area contributed by atoms with Crippen molar-refractivity contribution in [3.8, 4) is 0 Å². The van der Waals surface area contributed by atoms with Gasteiger partial charge in [0, 0.05) is 23.4 Å². The molecule has 3 nitrogen and oxygen atoms in total. The van der Waals surface area contributed by atoms with Crippen LogP contribution in [0.4, 0.5) is 5.69 Å². The quantitative estimate of drug-likeness (QED) is 0.772. The predicted molar refractivity (Wildman–Crippen MR) is 95.3 cm³/mol. The van der Waals surface area contributed by atoms with Crippen LogP contribution in [0.5, 0.6) is 0 Å². The second-order valence-corrected chi connectivity index (χ2v) is 6.39. The molecule has 1 aromatic heterocycles. The molecular formula is C20H20N2O. The number of aromatic amines is 1. The number of nitrogens with one attached hydrogen (secondary N) is 2. The zero-order chi connectivity index (χ0) is 15.8. The van der Waals surface area contributed by atoms with Crippen LogP contribution >= 0.6 is 0 Å². The summed E-state index contributed by atoms with van der Waals surface area (Å²) in [5, 5.41) is 4.43. The largest absolute Gasteiger partial charge is 0.380 e. The Morgan fingerprint density at radius 3 is 2.65 bits per heavy atom. The van der Waals surface area contributed by atoms with Crippen molar-refractivity contribution in [1.82, 2.24) is 4.98 Å². The molecule has 1 atom stereocenters. The van der Waals surface area contributed by atoms with Crippen molar-refractivity contribution in [3.63, 3.8) is 0 Å². The van der Waals surface area contributed by atoms with Crippen LogP contribution in [0.15, 0.2) is 53.3 Å². The summed E-state index contributed by atoms with van der Waals surface area (Å²) >= 11 is 0. The lowest BCUT2D eigenvalue weighted by Gasteiger charge is -2.10. The first kappa shape index (κ1) is 14.1. The number of aryl methyl sites for hydroxylation is 2. The van der Waals surface area contributed by atoms with E-state index < -0.39 is 0 Å². The predicted octanol–water partition coefficient (Wildman–Crippen LogP) is 3.84. The smallest absolute Gasteiger partial charge is 0.272 e. The van der Waals surface area contributed by atoms with E-state index in [2.05, 4.69) is 53.6 Å². The summed E-state index contributed by atoms with van der Waals surface area (Å²) in [5.41, 5.74) is 5.53. The minimum absolute atomic E-state index is 0.00566. The molecule has 0 saturated heterocycles. The third-order valence-electron chi connectivity index (χ3n) is 4.74. The summed E-state index contributed by atoms with van der Waals surface area (Å²) in [7, 11) is 0. The van der Waals surface area contributed by atoms with E-state index in [1.165, 1.54) is 22.1 Å². The normalized spacial score (nSPS) is 16.3. The Kier molecular flexibility index (Phi) is 3.41. The zero-order valence-corrected chi connectivity index (χ0v) is 13.2. The molecule has 1 aliphatic heterocycles. The summed E-state index contributed by atoms with van der Waals surface area (Å²) in [6, 6.07) is 17.0. The highest BCUT2D eigenvalue weighted by Crippen LogP contribution is 2.34. The van der Waals surface area contributed by atoms with Crippen LogP contribution in [0, 0.1) is 0 Å². The first-order chi connectivity index (χ1) is 11.2. The highest BCUT2D eigenvalue weighted by molar-refractivity contribution is 5.89. The Bertz CT molecular complexity index is 912. The molecule has 0 aliphatic carbocycles. The molecule has 0 saturated carbocycles. The van der Waals surface area contributed by atoms with Gasteiger partial charge in [-0.05, 0) is 41.7 Å². The second kappa shape index (κ2) is 5.58. The Labute approximate surface area is 135 Å². The number of rotatable bonds is 3. The maximum absolute atomic E-state index is 12.1. The third kappa shape index (κ3) is 2.52. The van der Waals surface area contributed by atoms with E-state index in [-0.39, 0.29) is 5.56 Å². The van der Waals surface area contributed by atoms with Gasteiger partial charge in [0.15, 0.2) is 0 Å². The first-order valence-corrected chi connectivity index (χ1v) is 8.19. The van der Waals surface area contributed by atoms with Gasteiger partial charge in [-0.2, -0.15) is 0 Å². The Morgan fingerprint density at radius 2 is 1.83 bits per heavy atom. The van der Waals surface area contributed by atoms with Crippen LogP contribution in [0.25, 0.3) is 10.9 Å². The van der Waals surface area contributed by atoms with Gasteiger partial charge in [0.05, 0.1) is 0 Å². The number of aromatic nitrogens is 1. The SMILES string of the molecule is CC1CNc2c1c1cc(CCc3ccccc3)ccc1[nH]c2=O. The molecule has 1 unspecified atom stereocenters. The molecule has 0 fully saturated rings.